The van der Waals surface area contributed by atoms with Gasteiger partial charge in [-0.2, -0.15) is 0 Å². The van der Waals surface area contributed by atoms with Gasteiger partial charge in [-0.3, -0.25) is 0 Å². The lowest BCUT2D eigenvalue weighted by Gasteiger charge is -2.08. The normalized spacial score (nSPS) is 12.7. The van der Waals surface area contributed by atoms with Crippen LogP contribution in [-0.4, -0.2) is 32.3 Å². The highest BCUT2D eigenvalue weighted by Gasteiger charge is 2.20. The molecule has 0 bridgehead atoms. The molecule has 2 aromatic heterocycles. The van der Waals surface area contributed by atoms with Crippen LogP contribution in [0, 0.1) is 0 Å². The van der Waals surface area contributed by atoms with Crippen LogP contribution in [0.25, 0.3) is 21.8 Å². The topological polar surface area (TPSA) is 89.1 Å². The van der Waals surface area contributed by atoms with Crippen LogP contribution in [0.1, 0.15) is 16.8 Å². The fourth-order valence-corrected chi connectivity index (χ4v) is 3.39. The number of aliphatic carboxylic acids is 1. The van der Waals surface area contributed by atoms with E-state index in [1.165, 1.54) is 0 Å². The van der Waals surface area contributed by atoms with Crippen molar-refractivity contribution in [1.82, 2.24) is 9.97 Å². The highest BCUT2D eigenvalue weighted by molar-refractivity contribution is 5.87. The summed E-state index contributed by atoms with van der Waals surface area (Å²) in [6.07, 6.45) is 1.28. The summed E-state index contributed by atoms with van der Waals surface area (Å²) in [5.41, 5.74) is 4.95. The molecule has 5 heteroatoms. The molecule has 126 valence electrons. The fraction of sp³-hybridized carbons (Fsp3) is 0.150. The lowest BCUT2D eigenvalue weighted by molar-refractivity contribution is -0.146. The van der Waals surface area contributed by atoms with Gasteiger partial charge in [-0.05, 0) is 23.3 Å². The number of aromatic nitrogens is 2. The average molecular weight is 334 g/mol. The Morgan fingerprint density at radius 3 is 2.44 bits per heavy atom. The lowest BCUT2D eigenvalue weighted by atomic mass is 10.00. The standard InChI is InChI=1S/C20H18N2O3/c23-19(20(24)25)10-15-14-6-2-4-8-17(14)22-18(15)9-12-11-21-16-7-3-1-5-13(12)16/h1-8,11,19,21-23H,9-10H2,(H,24,25)/t19-/m0/s1. The van der Waals surface area contributed by atoms with Crippen LogP contribution >= 0.6 is 0 Å². The van der Waals surface area contributed by atoms with Gasteiger partial charge >= 0.3 is 5.97 Å². The van der Waals surface area contributed by atoms with Crippen molar-refractivity contribution in [2.24, 2.45) is 0 Å². The number of carboxylic acids is 1. The number of para-hydroxylation sites is 2. The van der Waals surface area contributed by atoms with Gasteiger partial charge in [0.1, 0.15) is 0 Å². The minimum absolute atomic E-state index is 0.0804. The number of hydrogen-bond acceptors (Lipinski definition) is 2. The first-order valence-electron chi connectivity index (χ1n) is 8.18. The van der Waals surface area contributed by atoms with E-state index in [9.17, 15) is 9.90 Å². The number of rotatable bonds is 5. The molecule has 0 radical (unpaired) electrons. The number of hydrogen-bond donors (Lipinski definition) is 4. The van der Waals surface area contributed by atoms with E-state index in [0.29, 0.717) is 6.42 Å². The van der Waals surface area contributed by atoms with Gasteiger partial charge in [-0.25, -0.2) is 4.79 Å². The summed E-state index contributed by atoms with van der Waals surface area (Å²) >= 11 is 0. The van der Waals surface area contributed by atoms with E-state index >= 15 is 0 Å². The first-order valence-corrected chi connectivity index (χ1v) is 8.18. The van der Waals surface area contributed by atoms with Crippen LogP contribution in [0.3, 0.4) is 0 Å². The van der Waals surface area contributed by atoms with E-state index in [1.54, 1.807) is 0 Å². The van der Waals surface area contributed by atoms with E-state index < -0.39 is 12.1 Å². The number of aliphatic hydroxyl groups is 1. The number of nitrogens with one attached hydrogen (secondary N) is 2. The smallest absolute Gasteiger partial charge is 0.332 e. The van der Waals surface area contributed by atoms with E-state index in [0.717, 1.165) is 38.6 Å². The quantitative estimate of drug-likeness (QED) is 0.452. The van der Waals surface area contributed by atoms with Gasteiger partial charge in [0, 0.05) is 46.5 Å². The van der Waals surface area contributed by atoms with Crippen molar-refractivity contribution in [3.05, 3.63) is 71.5 Å². The summed E-state index contributed by atoms with van der Waals surface area (Å²) in [7, 11) is 0. The second-order valence-electron chi connectivity index (χ2n) is 6.22. The Hall–Kier alpha value is -3.05. The summed E-state index contributed by atoms with van der Waals surface area (Å²) < 4.78 is 0. The van der Waals surface area contributed by atoms with Crippen molar-refractivity contribution in [3.8, 4) is 0 Å². The molecule has 5 nitrogen and oxygen atoms in total. The minimum atomic E-state index is -1.42. The van der Waals surface area contributed by atoms with Crippen LogP contribution in [0.4, 0.5) is 0 Å². The molecular weight excluding hydrogens is 316 g/mol. The molecule has 4 N–H and O–H groups in total. The fourth-order valence-electron chi connectivity index (χ4n) is 3.39. The third-order valence-electron chi connectivity index (χ3n) is 4.63. The molecule has 0 amide bonds. The van der Waals surface area contributed by atoms with Gasteiger partial charge in [0.15, 0.2) is 6.10 Å². The summed E-state index contributed by atoms with van der Waals surface area (Å²) in [4.78, 5) is 17.8. The van der Waals surface area contributed by atoms with Crippen molar-refractivity contribution in [2.75, 3.05) is 0 Å². The Morgan fingerprint density at radius 2 is 1.68 bits per heavy atom. The number of carboxylic acid groups (broad SMARTS) is 1. The molecule has 0 unspecified atom stereocenters. The maximum absolute atomic E-state index is 11.1. The van der Waals surface area contributed by atoms with Crippen molar-refractivity contribution < 1.29 is 15.0 Å². The Labute approximate surface area is 143 Å². The lowest BCUT2D eigenvalue weighted by Crippen LogP contribution is -2.22. The maximum Gasteiger partial charge on any atom is 0.332 e. The van der Waals surface area contributed by atoms with Crippen LogP contribution in [-0.2, 0) is 17.6 Å². The molecule has 25 heavy (non-hydrogen) atoms. The third kappa shape index (κ3) is 2.79. The van der Waals surface area contributed by atoms with Gasteiger partial charge in [0.2, 0.25) is 0 Å². The van der Waals surface area contributed by atoms with Gasteiger partial charge in [0.05, 0.1) is 0 Å². The number of H-pyrrole nitrogens is 2. The van der Waals surface area contributed by atoms with E-state index in [-0.39, 0.29) is 6.42 Å². The van der Waals surface area contributed by atoms with Gasteiger partial charge in [0.25, 0.3) is 0 Å². The Kier molecular flexibility index (Phi) is 3.78. The number of carbonyl (C=O) groups is 1. The van der Waals surface area contributed by atoms with Crippen LogP contribution in [0.2, 0.25) is 0 Å². The SMILES string of the molecule is O=C(O)[C@@H](O)Cc1c(Cc2c[nH]c3ccccc23)[nH]c2ccccc12. The van der Waals surface area contributed by atoms with Crippen molar-refractivity contribution >= 4 is 27.8 Å². The summed E-state index contributed by atoms with van der Waals surface area (Å²) in [6, 6.07) is 15.8. The summed E-state index contributed by atoms with van der Waals surface area (Å²) in [6.45, 7) is 0. The largest absolute Gasteiger partial charge is 0.479 e. The number of aliphatic hydroxyl groups excluding tert-OH is 1. The van der Waals surface area contributed by atoms with E-state index in [4.69, 9.17) is 5.11 Å². The molecule has 0 saturated heterocycles. The molecule has 0 aliphatic carbocycles. The molecule has 0 aliphatic rings. The van der Waals surface area contributed by atoms with Gasteiger partial charge in [-0.1, -0.05) is 36.4 Å². The van der Waals surface area contributed by atoms with Crippen LogP contribution in [0.15, 0.2) is 54.7 Å². The van der Waals surface area contributed by atoms with Crippen LogP contribution in [0.5, 0.6) is 0 Å². The molecule has 0 aliphatic heterocycles. The first kappa shape index (κ1) is 15.5. The molecular formula is C20H18N2O3. The predicted octanol–water partition coefficient (Wildman–Crippen LogP) is 3.23. The van der Waals surface area contributed by atoms with Gasteiger partial charge in [-0.15, -0.1) is 0 Å². The third-order valence-corrected chi connectivity index (χ3v) is 4.63. The average Bonchev–Trinajstić information content (AvgIpc) is 3.17. The second-order valence-corrected chi connectivity index (χ2v) is 6.22. The molecule has 4 aromatic rings. The molecule has 0 saturated carbocycles. The Morgan fingerprint density at radius 1 is 1.00 bits per heavy atom. The maximum atomic E-state index is 11.1. The van der Waals surface area contributed by atoms with Crippen LogP contribution < -0.4 is 0 Å². The van der Waals surface area contributed by atoms with Crippen molar-refractivity contribution in [3.63, 3.8) is 0 Å². The van der Waals surface area contributed by atoms with Gasteiger partial charge < -0.3 is 20.2 Å². The number of fused-ring (bicyclic) bond motifs is 2. The molecule has 0 spiro atoms. The highest BCUT2D eigenvalue weighted by atomic mass is 16.4. The molecule has 0 fully saturated rings. The second kappa shape index (κ2) is 6.11. The zero-order chi connectivity index (χ0) is 17.4. The predicted molar refractivity (Wildman–Crippen MR) is 96.8 cm³/mol. The monoisotopic (exact) mass is 334 g/mol. The Bertz CT molecular complexity index is 1060. The molecule has 1 atom stereocenters. The van der Waals surface area contributed by atoms with Crippen molar-refractivity contribution in [2.45, 2.75) is 18.9 Å². The van der Waals surface area contributed by atoms with E-state index in [1.807, 2.05) is 48.7 Å². The van der Waals surface area contributed by atoms with E-state index in [2.05, 4.69) is 16.0 Å². The summed E-state index contributed by atoms with van der Waals surface area (Å²) in [5.74, 6) is -1.21. The number of benzene rings is 2. The minimum Gasteiger partial charge on any atom is -0.479 e. The molecule has 2 heterocycles. The molecule has 2 aromatic carbocycles. The van der Waals surface area contributed by atoms with Crippen molar-refractivity contribution in [1.29, 1.82) is 0 Å². The number of aromatic amines is 2. The Balaban J connectivity index is 1.79. The highest BCUT2D eigenvalue weighted by Crippen LogP contribution is 2.28. The zero-order valence-corrected chi connectivity index (χ0v) is 13.5. The summed E-state index contributed by atoms with van der Waals surface area (Å²) in [5, 5.41) is 21.0. The zero-order valence-electron chi connectivity index (χ0n) is 13.5. The molecule has 4 rings (SSSR count). The first-order chi connectivity index (χ1) is 12.1.